The van der Waals surface area contributed by atoms with Crippen molar-refractivity contribution in [3.63, 3.8) is 0 Å². The summed E-state index contributed by atoms with van der Waals surface area (Å²) in [5, 5.41) is 5.89. The second-order valence-electron chi connectivity index (χ2n) is 5.51. The lowest BCUT2D eigenvalue weighted by molar-refractivity contribution is -0.121. The zero-order valence-electron chi connectivity index (χ0n) is 14.5. The normalized spacial score (nSPS) is 9.77. The van der Waals surface area contributed by atoms with Crippen LogP contribution in [-0.2, 0) is 4.79 Å². The first-order valence-electron chi connectivity index (χ1n) is 7.86. The topological polar surface area (TPSA) is 74.4 Å². The zero-order chi connectivity index (χ0) is 18.9. The Bertz CT molecular complexity index is 797. The van der Waals surface area contributed by atoms with E-state index in [2.05, 4.69) is 21.5 Å². The molecular formula is C18H20N4O2S2. The Morgan fingerprint density at radius 1 is 1.00 bits per heavy atom. The van der Waals surface area contributed by atoms with Crippen LogP contribution in [0.4, 0.5) is 5.69 Å². The molecule has 0 aromatic heterocycles. The van der Waals surface area contributed by atoms with Gasteiger partial charge in [0.1, 0.15) is 5.75 Å². The Morgan fingerprint density at radius 3 is 2.42 bits per heavy atom. The molecular weight excluding hydrogens is 368 g/mol. The molecule has 4 N–H and O–H groups in total. The minimum absolute atomic E-state index is 0.0942. The number of nitrogens with one attached hydrogen (secondary N) is 4. The van der Waals surface area contributed by atoms with Crippen molar-refractivity contribution in [3.05, 3.63) is 59.7 Å². The van der Waals surface area contributed by atoms with Crippen LogP contribution in [0.3, 0.4) is 0 Å². The van der Waals surface area contributed by atoms with E-state index in [0.29, 0.717) is 10.9 Å². The first kappa shape index (κ1) is 19.6. The van der Waals surface area contributed by atoms with Gasteiger partial charge in [0.05, 0.1) is 0 Å². The largest absolute Gasteiger partial charge is 0.483 e. The number of ether oxygens (including phenoxy) is 1. The molecule has 0 atom stereocenters. The Hall–Kier alpha value is -2.71. The number of thiocarbonyl (C=S) groups is 2. The molecule has 0 aliphatic heterocycles. The number of carbonyl (C=O) groups excluding carboxylic acids is 1. The summed E-state index contributed by atoms with van der Waals surface area (Å²) < 4.78 is 5.53. The van der Waals surface area contributed by atoms with E-state index in [1.165, 1.54) is 0 Å². The maximum Gasteiger partial charge on any atom is 0.264 e. The molecule has 0 heterocycles. The van der Waals surface area contributed by atoms with Crippen LogP contribution in [0.25, 0.3) is 0 Å². The fraction of sp³-hybridized carbons (Fsp3) is 0.167. The highest BCUT2D eigenvalue weighted by molar-refractivity contribution is 7.80. The number of rotatable bonds is 4. The van der Waals surface area contributed by atoms with E-state index < -0.39 is 0 Å². The van der Waals surface area contributed by atoms with Crippen LogP contribution >= 0.6 is 24.4 Å². The molecule has 6 nitrogen and oxygen atoms in total. The molecule has 8 heteroatoms. The number of aryl methyl sites for hydroxylation is 2. The third-order valence-electron chi connectivity index (χ3n) is 3.28. The number of carbonyl (C=O) groups is 1. The van der Waals surface area contributed by atoms with E-state index in [9.17, 15) is 4.79 Å². The highest BCUT2D eigenvalue weighted by atomic mass is 32.1. The van der Waals surface area contributed by atoms with Gasteiger partial charge in [-0.15, -0.1) is 0 Å². The lowest BCUT2D eigenvalue weighted by Crippen LogP contribution is -2.50. The summed E-state index contributed by atoms with van der Waals surface area (Å²) in [7, 11) is 0. The molecule has 0 bridgehead atoms. The third-order valence-corrected chi connectivity index (χ3v) is 3.68. The zero-order valence-corrected chi connectivity index (χ0v) is 16.1. The number of benzene rings is 2. The van der Waals surface area contributed by atoms with Crippen molar-refractivity contribution >= 4 is 46.3 Å². The van der Waals surface area contributed by atoms with Crippen molar-refractivity contribution in [3.8, 4) is 5.75 Å². The molecule has 0 aliphatic rings. The summed E-state index contributed by atoms with van der Waals surface area (Å²) in [5.74, 6) is 0.303. The fourth-order valence-electron chi connectivity index (χ4n) is 2.00. The van der Waals surface area contributed by atoms with Crippen LogP contribution in [0.15, 0.2) is 48.5 Å². The lowest BCUT2D eigenvalue weighted by Gasteiger charge is -2.14. The van der Waals surface area contributed by atoms with E-state index >= 15 is 0 Å². The standard InChI is InChI=1S/C18H20N4O2S2/c1-12-8-9-13(2)15(10-12)24-11-16(23)20-18(26)22-21-17(25)19-14-6-4-3-5-7-14/h3-10H,11H2,1-2H3,(H2,19,21,25)(H2,20,22,23,26). The van der Waals surface area contributed by atoms with Crippen molar-refractivity contribution in [2.24, 2.45) is 0 Å². The quantitative estimate of drug-likeness (QED) is 0.474. The van der Waals surface area contributed by atoms with Crippen LogP contribution in [-0.4, -0.2) is 22.7 Å². The van der Waals surface area contributed by atoms with Gasteiger partial charge in [0, 0.05) is 5.69 Å². The molecule has 26 heavy (non-hydrogen) atoms. The molecule has 136 valence electrons. The van der Waals surface area contributed by atoms with Crippen LogP contribution in [0.2, 0.25) is 0 Å². The SMILES string of the molecule is Cc1ccc(C)c(OCC(=O)NC(=S)NNC(=S)Nc2ccccc2)c1. The van der Waals surface area contributed by atoms with Crippen LogP contribution in [0, 0.1) is 13.8 Å². The predicted octanol–water partition coefficient (Wildman–Crippen LogP) is 2.57. The van der Waals surface area contributed by atoms with E-state index in [0.717, 1.165) is 16.8 Å². The second-order valence-corrected chi connectivity index (χ2v) is 6.32. The average Bonchev–Trinajstić information content (AvgIpc) is 2.61. The van der Waals surface area contributed by atoms with Gasteiger partial charge in [-0.2, -0.15) is 0 Å². The van der Waals surface area contributed by atoms with Gasteiger partial charge in [-0.25, -0.2) is 0 Å². The third kappa shape index (κ3) is 6.66. The smallest absolute Gasteiger partial charge is 0.264 e. The molecule has 0 fully saturated rings. The number of hydrogen-bond acceptors (Lipinski definition) is 4. The Morgan fingerprint density at radius 2 is 1.69 bits per heavy atom. The van der Waals surface area contributed by atoms with Crippen LogP contribution in [0.5, 0.6) is 5.75 Å². The van der Waals surface area contributed by atoms with Gasteiger partial charge in [0.25, 0.3) is 5.91 Å². The van der Waals surface area contributed by atoms with Gasteiger partial charge in [0.15, 0.2) is 16.8 Å². The lowest BCUT2D eigenvalue weighted by atomic mass is 10.1. The van der Waals surface area contributed by atoms with E-state index in [-0.39, 0.29) is 17.6 Å². The maximum absolute atomic E-state index is 11.9. The molecule has 2 aromatic rings. The maximum atomic E-state index is 11.9. The van der Waals surface area contributed by atoms with Crippen molar-refractivity contribution in [2.75, 3.05) is 11.9 Å². The Kier molecular flexibility index (Phi) is 7.31. The van der Waals surface area contributed by atoms with Gasteiger partial charge >= 0.3 is 0 Å². The number of anilines is 1. The van der Waals surface area contributed by atoms with Crippen molar-refractivity contribution in [1.29, 1.82) is 0 Å². The number of hydrogen-bond donors (Lipinski definition) is 4. The van der Waals surface area contributed by atoms with Gasteiger partial charge < -0.3 is 10.1 Å². The van der Waals surface area contributed by atoms with Gasteiger partial charge in [-0.1, -0.05) is 30.3 Å². The van der Waals surface area contributed by atoms with E-state index in [1.807, 2.05) is 62.4 Å². The average molecular weight is 389 g/mol. The molecule has 0 unspecified atom stereocenters. The highest BCUT2D eigenvalue weighted by Gasteiger charge is 2.07. The minimum Gasteiger partial charge on any atom is -0.483 e. The monoisotopic (exact) mass is 388 g/mol. The Balaban J connectivity index is 1.71. The van der Waals surface area contributed by atoms with Gasteiger partial charge in [0.2, 0.25) is 0 Å². The first-order valence-corrected chi connectivity index (χ1v) is 8.67. The van der Waals surface area contributed by atoms with Crippen molar-refractivity contribution in [1.82, 2.24) is 16.2 Å². The minimum atomic E-state index is -0.368. The summed E-state index contributed by atoms with van der Waals surface area (Å²) in [4.78, 5) is 11.9. The summed E-state index contributed by atoms with van der Waals surface area (Å²) in [6.07, 6.45) is 0. The molecule has 0 aliphatic carbocycles. The summed E-state index contributed by atoms with van der Waals surface area (Å²) in [5.41, 5.74) is 8.20. The van der Waals surface area contributed by atoms with Crippen LogP contribution < -0.4 is 26.2 Å². The number of para-hydroxylation sites is 1. The fourth-order valence-corrected chi connectivity index (χ4v) is 2.33. The molecule has 0 spiro atoms. The second kappa shape index (κ2) is 9.69. The van der Waals surface area contributed by atoms with E-state index in [1.54, 1.807) is 0 Å². The first-order chi connectivity index (χ1) is 12.4. The summed E-state index contributed by atoms with van der Waals surface area (Å²) >= 11 is 10.2. The predicted molar refractivity (Wildman–Crippen MR) is 111 cm³/mol. The molecule has 0 radical (unpaired) electrons. The van der Waals surface area contributed by atoms with E-state index in [4.69, 9.17) is 29.2 Å². The van der Waals surface area contributed by atoms with Crippen molar-refractivity contribution in [2.45, 2.75) is 13.8 Å². The molecule has 1 amide bonds. The molecule has 0 saturated heterocycles. The summed E-state index contributed by atoms with van der Waals surface area (Å²) in [6, 6.07) is 15.2. The van der Waals surface area contributed by atoms with Crippen molar-refractivity contribution < 1.29 is 9.53 Å². The highest BCUT2D eigenvalue weighted by Crippen LogP contribution is 2.18. The number of hydrazine groups is 1. The number of amides is 1. The summed E-state index contributed by atoms with van der Waals surface area (Å²) in [6.45, 7) is 3.74. The Labute approximate surface area is 163 Å². The molecule has 2 aromatic carbocycles. The van der Waals surface area contributed by atoms with Crippen LogP contribution in [0.1, 0.15) is 11.1 Å². The molecule has 0 saturated carbocycles. The van der Waals surface area contributed by atoms with Gasteiger partial charge in [-0.05, 0) is 67.6 Å². The van der Waals surface area contributed by atoms with Gasteiger partial charge in [-0.3, -0.25) is 21.0 Å². The molecule has 2 rings (SSSR count).